The summed E-state index contributed by atoms with van der Waals surface area (Å²) >= 11 is 0. The third kappa shape index (κ3) is 5.56. The molecular formula is C26H29F3O. The van der Waals surface area contributed by atoms with Crippen LogP contribution in [0.2, 0.25) is 0 Å². The second-order valence-electron chi connectivity index (χ2n) is 8.03. The minimum absolute atomic E-state index is 0.179. The Bertz CT molecular complexity index is 895. The van der Waals surface area contributed by atoms with Crippen LogP contribution in [0.4, 0.5) is 13.2 Å². The molecule has 0 atom stereocenters. The van der Waals surface area contributed by atoms with Gasteiger partial charge >= 0.3 is 0 Å². The summed E-state index contributed by atoms with van der Waals surface area (Å²) in [6.45, 7) is 5.77. The predicted molar refractivity (Wildman–Crippen MR) is 116 cm³/mol. The average molecular weight is 415 g/mol. The van der Waals surface area contributed by atoms with Crippen LogP contribution in [0.3, 0.4) is 0 Å². The summed E-state index contributed by atoms with van der Waals surface area (Å²) < 4.78 is 47.9. The lowest BCUT2D eigenvalue weighted by Crippen LogP contribution is -2.13. The van der Waals surface area contributed by atoms with Crippen LogP contribution in [0.15, 0.2) is 49.1 Å². The van der Waals surface area contributed by atoms with Crippen LogP contribution in [0, 0.1) is 30.3 Å². The molecule has 0 spiro atoms. The van der Waals surface area contributed by atoms with E-state index in [-0.39, 0.29) is 17.3 Å². The van der Waals surface area contributed by atoms with Crippen molar-refractivity contribution < 1.29 is 17.9 Å². The zero-order valence-electron chi connectivity index (χ0n) is 17.5. The maximum Gasteiger partial charge on any atom is 0.166 e. The van der Waals surface area contributed by atoms with Gasteiger partial charge in [0.15, 0.2) is 11.6 Å². The van der Waals surface area contributed by atoms with Gasteiger partial charge in [0.05, 0.1) is 6.61 Å². The van der Waals surface area contributed by atoms with E-state index >= 15 is 0 Å². The van der Waals surface area contributed by atoms with Gasteiger partial charge in [-0.2, -0.15) is 0 Å². The first-order chi connectivity index (χ1) is 14.5. The third-order valence-corrected chi connectivity index (χ3v) is 5.86. The minimum atomic E-state index is -0.797. The first-order valence-electron chi connectivity index (χ1n) is 10.7. The van der Waals surface area contributed by atoms with Crippen LogP contribution in [-0.2, 0) is 0 Å². The molecule has 4 heteroatoms. The Morgan fingerprint density at radius 1 is 1.03 bits per heavy atom. The fraction of sp³-hybridized carbons (Fsp3) is 0.385. The molecule has 0 aromatic heterocycles. The SMILES string of the molecule is C=CCCCOc1ccc(C2CCC(/C=C/c3ccc(C)c(F)c3F)CC2)c(F)c1. The quantitative estimate of drug-likeness (QED) is 0.317. The molecule has 1 aliphatic rings. The number of hydrogen-bond donors (Lipinski definition) is 0. The Morgan fingerprint density at radius 3 is 2.50 bits per heavy atom. The highest BCUT2D eigenvalue weighted by Gasteiger charge is 2.23. The maximum atomic E-state index is 14.6. The Kier molecular flexibility index (Phi) is 7.78. The van der Waals surface area contributed by atoms with Crippen LogP contribution in [0.25, 0.3) is 6.08 Å². The predicted octanol–water partition coefficient (Wildman–Crippen LogP) is 7.74. The van der Waals surface area contributed by atoms with Gasteiger partial charge in [-0.1, -0.05) is 36.4 Å². The first-order valence-corrected chi connectivity index (χ1v) is 10.7. The molecule has 1 fully saturated rings. The number of aryl methyl sites for hydroxylation is 1. The van der Waals surface area contributed by atoms with Crippen molar-refractivity contribution in [1.29, 1.82) is 0 Å². The highest BCUT2D eigenvalue weighted by Crippen LogP contribution is 2.38. The second kappa shape index (κ2) is 10.5. The Balaban J connectivity index is 1.55. The Morgan fingerprint density at radius 2 is 1.80 bits per heavy atom. The molecule has 0 saturated heterocycles. The van der Waals surface area contributed by atoms with Crippen molar-refractivity contribution in [3.8, 4) is 5.75 Å². The van der Waals surface area contributed by atoms with Crippen LogP contribution >= 0.6 is 0 Å². The number of ether oxygens (including phenoxy) is 1. The van der Waals surface area contributed by atoms with Gasteiger partial charge in [0.1, 0.15) is 11.6 Å². The number of benzene rings is 2. The van der Waals surface area contributed by atoms with Crippen molar-refractivity contribution >= 4 is 6.08 Å². The third-order valence-electron chi connectivity index (χ3n) is 5.86. The lowest BCUT2D eigenvalue weighted by Gasteiger charge is -2.27. The van der Waals surface area contributed by atoms with Crippen molar-refractivity contribution in [2.75, 3.05) is 6.61 Å². The largest absolute Gasteiger partial charge is 0.493 e. The first kappa shape index (κ1) is 22.2. The Labute approximate surface area is 177 Å². The molecule has 3 rings (SSSR count). The lowest BCUT2D eigenvalue weighted by atomic mass is 9.78. The zero-order chi connectivity index (χ0) is 21.5. The molecular weight excluding hydrogens is 385 g/mol. The van der Waals surface area contributed by atoms with E-state index in [1.807, 2.05) is 24.3 Å². The fourth-order valence-electron chi connectivity index (χ4n) is 4.00. The molecule has 160 valence electrons. The van der Waals surface area contributed by atoms with E-state index in [1.165, 1.54) is 6.07 Å². The molecule has 0 N–H and O–H groups in total. The molecule has 0 bridgehead atoms. The number of hydrogen-bond acceptors (Lipinski definition) is 1. The molecule has 30 heavy (non-hydrogen) atoms. The summed E-state index contributed by atoms with van der Waals surface area (Å²) in [5.74, 6) is -0.770. The van der Waals surface area contributed by atoms with Crippen molar-refractivity contribution in [3.63, 3.8) is 0 Å². The number of halogens is 3. The molecule has 0 unspecified atom stereocenters. The molecule has 1 saturated carbocycles. The van der Waals surface area contributed by atoms with E-state index in [1.54, 1.807) is 25.1 Å². The van der Waals surface area contributed by atoms with Crippen LogP contribution in [0.5, 0.6) is 5.75 Å². The van der Waals surface area contributed by atoms with Gasteiger partial charge in [0.25, 0.3) is 0 Å². The summed E-state index contributed by atoms with van der Waals surface area (Å²) in [4.78, 5) is 0. The van der Waals surface area contributed by atoms with Gasteiger partial charge in [-0.3, -0.25) is 0 Å². The number of allylic oxidation sites excluding steroid dienone is 2. The van der Waals surface area contributed by atoms with E-state index in [2.05, 4.69) is 6.58 Å². The van der Waals surface area contributed by atoms with E-state index in [0.717, 1.165) is 44.1 Å². The van der Waals surface area contributed by atoms with Crippen LogP contribution < -0.4 is 4.74 Å². The lowest BCUT2D eigenvalue weighted by molar-refractivity contribution is 0.309. The Hall–Kier alpha value is -2.49. The molecule has 1 aliphatic carbocycles. The second-order valence-corrected chi connectivity index (χ2v) is 8.03. The van der Waals surface area contributed by atoms with Crippen LogP contribution in [0.1, 0.15) is 61.1 Å². The zero-order valence-corrected chi connectivity index (χ0v) is 17.5. The summed E-state index contributed by atoms with van der Waals surface area (Å²) in [5.41, 5.74) is 1.32. The molecule has 0 amide bonds. The van der Waals surface area contributed by atoms with Gasteiger partial charge < -0.3 is 4.74 Å². The van der Waals surface area contributed by atoms with Gasteiger partial charge in [-0.15, -0.1) is 6.58 Å². The van der Waals surface area contributed by atoms with Crippen molar-refractivity contribution in [2.45, 2.75) is 51.4 Å². The highest BCUT2D eigenvalue weighted by atomic mass is 19.2. The minimum Gasteiger partial charge on any atom is -0.493 e. The maximum absolute atomic E-state index is 14.6. The van der Waals surface area contributed by atoms with Gasteiger partial charge in [-0.05, 0) is 74.5 Å². The summed E-state index contributed by atoms with van der Waals surface area (Å²) in [5, 5.41) is 0. The molecule has 0 heterocycles. The molecule has 2 aromatic rings. The average Bonchev–Trinajstić information content (AvgIpc) is 2.75. The summed E-state index contributed by atoms with van der Waals surface area (Å²) in [6, 6.07) is 8.34. The van der Waals surface area contributed by atoms with Gasteiger partial charge in [-0.25, -0.2) is 13.2 Å². The van der Waals surface area contributed by atoms with Crippen LogP contribution in [-0.4, -0.2) is 6.61 Å². The summed E-state index contributed by atoms with van der Waals surface area (Å²) in [6.07, 6.45) is 10.8. The van der Waals surface area contributed by atoms with E-state index < -0.39 is 11.6 Å². The van der Waals surface area contributed by atoms with E-state index in [0.29, 0.717) is 23.8 Å². The smallest absolute Gasteiger partial charge is 0.166 e. The van der Waals surface area contributed by atoms with Crippen molar-refractivity contribution in [1.82, 2.24) is 0 Å². The monoisotopic (exact) mass is 414 g/mol. The highest BCUT2D eigenvalue weighted by molar-refractivity contribution is 5.51. The molecule has 1 nitrogen and oxygen atoms in total. The molecule has 2 aromatic carbocycles. The van der Waals surface area contributed by atoms with Gasteiger partial charge in [0.2, 0.25) is 0 Å². The molecule has 0 aliphatic heterocycles. The normalized spacial score (nSPS) is 19.2. The summed E-state index contributed by atoms with van der Waals surface area (Å²) in [7, 11) is 0. The van der Waals surface area contributed by atoms with Gasteiger partial charge in [0, 0.05) is 11.6 Å². The fourth-order valence-corrected chi connectivity index (χ4v) is 4.00. The van der Waals surface area contributed by atoms with E-state index in [9.17, 15) is 13.2 Å². The van der Waals surface area contributed by atoms with Crippen molar-refractivity contribution in [3.05, 3.63) is 83.2 Å². The number of rotatable bonds is 8. The standard InChI is InChI=1S/C26H29F3O/c1-3-4-5-16-30-22-14-15-23(24(27)17-22)20-11-7-19(8-12-20)9-13-21-10-6-18(2)25(28)26(21)29/h3,6,9-10,13-15,17,19-20H,1,4-5,7-8,11-12,16H2,2H3/b13-9+. The molecule has 0 radical (unpaired) electrons. The number of unbranched alkanes of at least 4 members (excludes halogenated alkanes) is 1. The topological polar surface area (TPSA) is 9.23 Å². The van der Waals surface area contributed by atoms with Crippen molar-refractivity contribution in [2.24, 2.45) is 5.92 Å². The van der Waals surface area contributed by atoms with E-state index in [4.69, 9.17) is 4.74 Å².